The van der Waals surface area contributed by atoms with Crippen LogP contribution in [0.2, 0.25) is 5.02 Å². The number of carbonyl (C=O) groups excluding carboxylic acids is 1. The van der Waals surface area contributed by atoms with Crippen LogP contribution in [0.3, 0.4) is 0 Å². The van der Waals surface area contributed by atoms with Gasteiger partial charge in [0.1, 0.15) is 18.1 Å². The number of hydrogen-bond donors (Lipinski definition) is 3. The zero-order valence-electron chi connectivity index (χ0n) is 27.2. The second-order valence-electron chi connectivity index (χ2n) is 12.0. The van der Waals surface area contributed by atoms with E-state index in [1.807, 2.05) is 32.2 Å². The molecule has 1 aliphatic heterocycles. The summed E-state index contributed by atoms with van der Waals surface area (Å²) in [5.74, 6) is 0.717. The molecule has 1 aliphatic rings. The molecule has 1 unspecified atom stereocenters. The first-order valence-corrected chi connectivity index (χ1v) is 17.7. The van der Waals surface area contributed by atoms with E-state index in [1.165, 1.54) is 38.9 Å². The van der Waals surface area contributed by atoms with Crippen LogP contribution < -0.4 is 20.1 Å². The molecular weight excluding hydrogens is 682 g/mol. The third kappa shape index (κ3) is 9.27. The number of nitrogens with one attached hydrogen (secondary N) is 2. The van der Waals surface area contributed by atoms with Crippen LogP contribution in [-0.2, 0) is 24.5 Å². The van der Waals surface area contributed by atoms with Crippen molar-refractivity contribution in [3.8, 4) is 22.6 Å². The van der Waals surface area contributed by atoms with E-state index in [2.05, 4.69) is 60.4 Å². The number of likely N-dealkylation sites (N-methyl/N-ethyl adjacent to an activating group) is 1. The largest absolute Gasteiger partial charge is 0.487 e. The van der Waals surface area contributed by atoms with Crippen LogP contribution in [0.25, 0.3) is 22.0 Å². The van der Waals surface area contributed by atoms with E-state index in [0.29, 0.717) is 29.6 Å². The molecule has 1 saturated heterocycles. The van der Waals surface area contributed by atoms with E-state index in [4.69, 9.17) is 26.2 Å². The zero-order chi connectivity index (χ0) is 33.2. The Morgan fingerprint density at radius 3 is 2.60 bits per heavy atom. The van der Waals surface area contributed by atoms with Crippen LogP contribution in [0.1, 0.15) is 50.7 Å². The number of nitrogens with zero attached hydrogens (tertiary/aromatic N) is 3. The molecule has 0 radical (unpaired) electrons. The lowest BCUT2D eigenvalue weighted by Crippen LogP contribution is -2.30. The lowest BCUT2D eigenvalue weighted by atomic mass is 10.00. The van der Waals surface area contributed by atoms with E-state index < -0.39 is 0 Å². The molecule has 252 valence electrons. The molecule has 11 heteroatoms. The SMILES string of the molecule is CCNC(=O)COc1cc(OCc2cccc(-c3cccc4c3cnn4CCCCN3CCCC3)c2Br)c(Cl)cc1CNC(C)CO. The third-order valence-electron chi connectivity index (χ3n) is 8.49. The number of halogens is 2. The molecule has 1 amide bonds. The van der Waals surface area contributed by atoms with Crippen LogP contribution in [0.15, 0.2) is 59.2 Å². The normalized spacial score (nSPS) is 14.1. The fourth-order valence-corrected chi connectivity index (χ4v) is 6.71. The Morgan fingerprint density at radius 2 is 1.81 bits per heavy atom. The van der Waals surface area contributed by atoms with Crippen LogP contribution in [0.4, 0.5) is 0 Å². The summed E-state index contributed by atoms with van der Waals surface area (Å²) >= 11 is 10.5. The van der Waals surface area contributed by atoms with Gasteiger partial charge in [-0.2, -0.15) is 5.10 Å². The van der Waals surface area contributed by atoms with Gasteiger partial charge >= 0.3 is 0 Å². The predicted molar refractivity (Wildman–Crippen MR) is 191 cm³/mol. The minimum absolute atomic E-state index is 0.00618. The number of likely N-dealkylation sites (tertiary alicyclic amines) is 1. The van der Waals surface area contributed by atoms with Gasteiger partial charge in [0.25, 0.3) is 5.91 Å². The van der Waals surface area contributed by atoms with Crippen molar-refractivity contribution in [2.24, 2.45) is 0 Å². The van der Waals surface area contributed by atoms with Gasteiger partial charge in [0.05, 0.1) is 23.3 Å². The second kappa shape index (κ2) is 17.3. The number of aliphatic hydroxyl groups is 1. The molecule has 1 fully saturated rings. The summed E-state index contributed by atoms with van der Waals surface area (Å²) in [6.07, 6.45) is 6.92. The van der Waals surface area contributed by atoms with Crippen LogP contribution in [-0.4, -0.2) is 71.1 Å². The Bertz CT molecular complexity index is 1640. The number of aromatic nitrogens is 2. The minimum Gasteiger partial charge on any atom is -0.487 e. The maximum Gasteiger partial charge on any atom is 0.257 e. The van der Waals surface area contributed by atoms with Gasteiger partial charge in [-0.3, -0.25) is 9.48 Å². The highest BCUT2D eigenvalue weighted by molar-refractivity contribution is 9.10. The Hall–Kier alpha value is -3.15. The smallest absolute Gasteiger partial charge is 0.257 e. The number of aryl methyl sites for hydroxylation is 1. The molecule has 1 aromatic heterocycles. The molecule has 3 aromatic carbocycles. The molecule has 4 aromatic rings. The van der Waals surface area contributed by atoms with Crippen molar-refractivity contribution in [2.45, 2.75) is 65.3 Å². The molecule has 0 bridgehead atoms. The Balaban J connectivity index is 1.30. The van der Waals surface area contributed by atoms with Gasteiger partial charge < -0.3 is 30.1 Å². The van der Waals surface area contributed by atoms with Crippen LogP contribution in [0.5, 0.6) is 11.5 Å². The van der Waals surface area contributed by atoms with Gasteiger partial charge in [0.15, 0.2) is 6.61 Å². The average Bonchev–Trinajstić information content (AvgIpc) is 3.75. The maximum atomic E-state index is 12.1. The first-order chi connectivity index (χ1) is 22.9. The standard InChI is InChI=1S/C36H45BrClN5O4/c1-3-39-35(45)24-47-33-19-34(31(38)18-27(33)20-40-25(2)22-44)46-23-26-10-8-12-29(36(26)37)28-11-9-13-32-30(28)21-41-43(32)17-7-6-16-42-14-4-5-15-42/h8-13,18-19,21,25,40,44H,3-7,14-17,20,22-24H2,1-2H3,(H,39,45). The highest BCUT2D eigenvalue weighted by atomic mass is 79.9. The molecule has 0 aliphatic carbocycles. The highest BCUT2D eigenvalue weighted by Gasteiger charge is 2.17. The van der Waals surface area contributed by atoms with Gasteiger partial charge in [-0.25, -0.2) is 0 Å². The number of fused-ring (bicyclic) bond motifs is 1. The van der Waals surface area contributed by atoms with Crippen LogP contribution in [0, 0.1) is 0 Å². The summed E-state index contributed by atoms with van der Waals surface area (Å²) in [6.45, 7) is 9.34. The summed E-state index contributed by atoms with van der Waals surface area (Å²) in [6, 6.07) is 15.9. The molecule has 3 N–H and O–H groups in total. The van der Waals surface area contributed by atoms with E-state index in [1.54, 1.807) is 12.1 Å². The first kappa shape index (κ1) is 35.2. The molecule has 0 saturated carbocycles. The predicted octanol–water partition coefficient (Wildman–Crippen LogP) is 6.56. The molecule has 5 rings (SSSR count). The maximum absolute atomic E-state index is 12.1. The molecule has 2 heterocycles. The quantitative estimate of drug-likeness (QED) is 0.106. The molecular formula is C36H45BrClN5O4. The molecule has 47 heavy (non-hydrogen) atoms. The van der Waals surface area contributed by atoms with Crippen LogP contribution >= 0.6 is 27.5 Å². The van der Waals surface area contributed by atoms with Crippen molar-refractivity contribution < 1.29 is 19.4 Å². The van der Waals surface area contributed by atoms with E-state index in [0.717, 1.165) is 50.6 Å². The zero-order valence-corrected chi connectivity index (χ0v) is 29.6. The van der Waals surface area contributed by atoms with Crippen molar-refractivity contribution in [3.63, 3.8) is 0 Å². The number of aliphatic hydroxyl groups excluding tert-OH is 1. The number of rotatable bonds is 17. The second-order valence-corrected chi connectivity index (χ2v) is 13.2. The Morgan fingerprint density at radius 1 is 1.04 bits per heavy atom. The average molecular weight is 727 g/mol. The van der Waals surface area contributed by atoms with E-state index in [9.17, 15) is 9.90 Å². The number of amides is 1. The lowest BCUT2D eigenvalue weighted by Gasteiger charge is -2.18. The van der Waals surface area contributed by atoms with Gasteiger partial charge in [0.2, 0.25) is 0 Å². The summed E-state index contributed by atoms with van der Waals surface area (Å²) < 4.78 is 15.2. The molecule has 0 spiro atoms. The lowest BCUT2D eigenvalue weighted by molar-refractivity contribution is -0.123. The van der Waals surface area contributed by atoms with E-state index in [-0.39, 0.29) is 31.8 Å². The van der Waals surface area contributed by atoms with Crippen molar-refractivity contribution in [2.75, 3.05) is 39.4 Å². The van der Waals surface area contributed by atoms with Crippen molar-refractivity contribution in [1.29, 1.82) is 0 Å². The van der Waals surface area contributed by atoms with Gasteiger partial charge in [-0.15, -0.1) is 0 Å². The minimum atomic E-state index is -0.216. The number of ether oxygens (including phenoxy) is 2. The number of benzene rings is 3. The Kier molecular flexibility index (Phi) is 12.9. The number of hydrogen-bond acceptors (Lipinski definition) is 7. The molecule has 1 atom stereocenters. The van der Waals surface area contributed by atoms with E-state index >= 15 is 0 Å². The van der Waals surface area contributed by atoms with Gasteiger partial charge in [0, 0.05) is 52.7 Å². The summed E-state index contributed by atoms with van der Waals surface area (Å²) in [5.41, 5.74) is 5.01. The fraction of sp³-hybridized carbons (Fsp3) is 0.444. The van der Waals surface area contributed by atoms with Gasteiger partial charge in [-0.05, 0) is 98.4 Å². The monoisotopic (exact) mass is 725 g/mol. The first-order valence-electron chi connectivity index (χ1n) is 16.5. The third-order valence-corrected chi connectivity index (χ3v) is 9.73. The van der Waals surface area contributed by atoms with Crippen molar-refractivity contribution >= 4 is 44.3 Å². The van der Waals surface area contributed by atoms with Gasteiger partial charge in [-0.1, -0.05) is 41.9 Å². The number of carbonyl (C=O) groups is 1. The van der Waals surface area contributed by atoms with Crippen molar-refractivity contribution in [1.82, 2.24) is 25.3 Å². The molecule has 9 nitrogen and oxygen atoms in total. The fourth-order valence-electron chi connectivity index (χ4n) is 5.87. The highest BCUT2D eigenvalue weighted by Crippen LogP contribution is 2.38. The van der Waals surface area contributed by atoms with Crippen molar-refractivity contribution in [3.05, 3.63) is 75.4 Å². The summed E-state index contributed by atoms with van der Waals surface area (Å²) in [5, 5.41) is 21.7. The Labute approximate surface area is 290 Å². The summed E-state index contributed by atoms with van der Waals surface area (Å²) in [7, 11) is 0. The summed E-state index contributed by atoms with van der Waals surface area (Å²) in [4.78, 5) is 14.7. The number of unbranched alkanes of at least 4 members (excludes halogenated alkanes) is 1. The topological polar surface area (TPSA) is 101 Å².